The highest BCUT2D eigenvalue weighted by atomic mass is 32.2. The third-order valence-corrected chi connectivity index (χ3v) is 6.49. The number of hydrazone groups is 1. The molecule has 3 aromatic rings. The highest BCUT2D eigenvalue weighted by molar-refractivity contribution is 8.01. The Morgan fingerprint density at radius 2 is 1.88 bits per heavy atom. The fourth-order valence-corrected chi connectivity index (χ4v) is 4.49. The van der Waals surface area contributed by atoms with Crippen LogP contribution in [0.5, 0.6) is 11.5 Å². The summed E-state index contributed by atoms with van der Waals surface area (Å²) >= 11 is 2.80. The topological polar surface area (TPSA) is 85.7 Å². The van der Waals surface area contributed by atoms with Gasteiger partial charge in [-0.25, -0.2) is 5.43 Å². The Kier molecular flexibility index (Phi) is 9.26. The predicted octanol–water partition coefficient (Wildman–Crippen LogP) is 4.98. The number of aryl methyl sites for hydroxylation is 2. The second-order valence-electron chi connectivity index (χ2n) is 7.63. The summed E-state index contributed by atoms with van der Waals surface area (Å²) < 4.78 is 12.5. The number of carbonyl (C=O) groups is 1. The first-order valence-corrected chi connectivity index (χ1v) is 12.4. The normalized spacial score (nSPS) is 11.2. The second kappa shape index (κ2) is 12.4. The van der Waals surface area contributed by atoms with Crippen LogP contribution < -0.4 is 14.9 Å². The van der Waals surface area contributed by atoms with Gasteiger partial charge in [0.25, 0.3) is 5.91 Å². The number of hydrogen-bond acceptors (Lipinski definition) is 8. The molecule has 1 N–H and O–H groups in total. The molecule has 33 heavy (non-hydrogen) atoms. The van der Waals surface area contributed by atoms with Crippen molar-refractivity contribution in [2.45, 2.75) is 38.0 Å². The molecule has 3 rings (SSSR count). The maximum Gasteiger partial charge on any atom is 0.250 e. The van der Waals surface area contributed by atoms with Crippen LogP contribution in [-0.4, -0.2) is 41.3 Å². The fourth-order valence-electron chi connectivity index (χ4n) is 2.88. The summed E-state index contributed by atoms with van der Waals surface area (Å²) in [6.07, 6.45) is 1.59. The number of carbonyl (C=O) groups excluding carboxylic acids is 1. The molecule has 174 valence electrons. The van der Waals surface area contributed by atoms with Crippen LogP contribution in [0.25, 0.3) is 0 Å². The molecule has 0 saturated heterocycles. The average Bonchev–Trinajstić information content (AvgIpc) is 3.21. The smallest absolute Gasteiger partial charge is 0.250 e. The minimum absolute atomic E-state index is 0.196. The molecule has 0 atom stereocenters. The summed E-state index contributed by atoms with van der Waals surface area (Å²) in [6.45, 7) is 9.16. The molecule has 1 aromatic heterocycles. The van der Waals surface area contributed by atoms with Crippen molar-refractivity contribution in [2.75, 3.05) is 19.0 Å². The minimum atomic E-state index is -0.196. The van der Waals surface area contributed by atoms with Crippen molar-refractivity contribution < 1.29 is 14.3 Å². The van der Waals surface area contributed by atoms with E-state index in [2.05, 4.69) is 59.7 Å². The number of benzene rings is 2. The molecule has 0 radical (unpaired) electrons. The first-order valence-electron chi connectivity index (χ1n) is 10.6. The molecule has 0 saturated carbocycles. The third kappa shape index (κ3) is 8.18. The number of hydrogen-bond donors (Lipinski definition) is 1. The van der Waals surface area contributed by atoms with E-state index in [1.165, 1.54) is 34.2 Å². The standard InChI is InChI=1S/C24H28N4O3S2/c1-16(2)21-10-5-17(3)13-22(21)31-12-11-30-20-8-6-19(7-9-20)14-25-27-23(29)15-32-24-28-26-18(4)33-24/h5-10,13-14,16H,11-12,15H2,1-4H3,(H,27,29)/b25-14-. The highest BCUT2D eigenvalue weighted by Gasteiger charge is 2.08. The zero-order valence-corrected chi connectivity index (χ0v) is 20.8. The SMILES string of the molecule is Cc1ccc(C(C)C)c(OCCOc2ccc(/C=N\NC(=O)CSc3nnc(C)s3)cc2)c1. The van der Waals surface area contributed by atoms with Crippen LogP contribution in [0.15, 0.2) is 51.9 Å². The Morgan fingerprint density at radius 1 is 1.12 bits per heavy atom. The van der Waals surface area contributed by atoms with Crippen LogP contribution in [0, 0.1) is 13.8 Å². The van der Waals surface area contributed by atoms with Crippen molar-refractivity contribution in [3.8, 4) is 11.5 Å². The highest BCUT2D eigenvalue weighted by Crippen LogP contribution is 2.27. The van der Waals surface area contributed by atoms with E-state index in [0.29, 0.717) is 19.1 Å². The van der Waals surface area contributed by atoms with E-state index >= 15 is 0 Å². The van der Waals surface area contributed by atoms with E-state index < -0.39 is 0 Å². The predicted molar refractivity (Wildman–Crippen MR) is 134 cm³/mol. The lowest BCUT2D eigenvalue weighted by molar-refractivity contribution is -0.118. The van der Waals surface area contributed by atoms with Crippen molar-refractivity contribution >= 4 is 35.2 Å². The summed E-state index contributed by atoms with van der Waals surface area (Å²) in [6, 6.07) is 13.8. The lowest BCUT2D eigenvalue weighted by Crippen LogP contribution is -2.19. The Balaban J connectivity index is 1.38. The monoisotopic (exact) mass is 484 g/mol. The van der Waals surface area contributed by atoms with Gasteiger partial charge in [-0.3, -0.25) is 4.79 Å². The zero-order chi connectivity index (χ0) is 23.6. The number of ether oxygens (including phenoxy) is 2. The quantitative estimate of drug-likeness (QED) is 0.179. The molecule has 1 amide bonds. The number of aromatic nitrogens is 2. The number of thioether (sulfide) groups is 1. The Labute approximate surface area is 202 Å². The lowest BCUT2D eigenvalue weighted by atomic mass is 10.0. The Bertz CT molecular complexity index is 1080. The minimum Gasteiger partial charge on any atom is -0.490 e. The van der Waals surface area contributed by atoms with Gasteiger partial charge in [-0.05, 0) is 66.8 Å². The summed E-state index contributed by atoms with van der Waals surface area (Å²) in [4.78, 5) is 11.9. The number of rotatable bonds is 11. The summed E-state index contributed by atoms with van der Waals surface area (Å²) in [7, 11) is 0. The zero-order valence-electron chi connectivity index (χ0n) is 19.2. The van der Waals surface area contributed by atoms with Gasteiger partial charge in [-0.2, -0.15) is 5.10 Å². The number of nitrogens with one attached hydrogen (secondary N) is 1. The van der Waals surface area contributed by atoms with Crippen LogP contribution in [0.2, 0.25) is 0 Å². The largest absolute Gasteiger partial charge is 0.490 e. The number of amides is 1. The summed E-state index contributed by atoms with van der Waals surface area (Å²) in [5.74, 6) is 2.11. The van der Waals surface area contributed by atoms with Crippen molar-refractivity contribution in [2.24, 2.45) is 5.10 Å². The van der Waals surface area contributed by atoms with Gasteiger partial charge < -0.3 is 9.47 Å². The van der Waals surface area contributed by atoms with Gasteiger partial charge in [0, 0.05) is 0 Å². The van der Waals surface area contributed by atoms with Gasteiger partial charge >= 0.3 is 0 Å². The van der Waals surface area contributed by atoms with Gasteiger partial charge in [0.15, 0.2) is 4.34 Å². The Morgan fingerprint density at radius 3 is 2.58 bits per heavy atom. The summed E-state index contributed by atoms with van der Waals surface area (Å²) in [5, 5.41) is 12.8. The molecule has 0 bridgehead atoms. The van der Waals surface area contributed by atoms with Crippen LogP contribution in [0.4, 0.5) is 0 Å². The van der Waals surface area contributed by atoms with E-state index in [1.54, 1.807) is 6.21 Å². The van der Waals surface area contributed by atoms with Crippen molar-refractivity contribution in [3.05, 3.63) is 64.2 Å². The molecular weight excluding hydrogens is 456 g/mol. The fraction of sp³-hybridized carbons (Fsp3) is 0.333. The maximum absolute atomic E-state index is 11.9. The van der Waals surface area contributed by atoms with Gasteiger partial charge in [0.2, 0.25) is 0 Å². The molecule has 0 aliphatic rings. The summed E-state index contributed by atoms with van der Waals surface area (Å²) in [5.41, 5.74) is 5.74. The molecule has 7 nitrogen and oxygen atoms in total. The molecule has 0 aliphatic heterocycles. The van der Waals surface area contributed by atoms with Crippen LogP contribution in [0.3, 0.4) is 0 Å². The van der Waals surface area contributed by atoms with E-state index in [0.717, 1.165) is 26.4 Å². The molecule has 0 aliphatic carbocycles. The van der Waals surface area contributed by atoms with Gasteiger partial charge in [0.05, 0.1) is 12.0 Å². The molecule has 0 spiro atoms. The Hall–Kier alpha value is -2.91. The van der Waals surface area contributed by atoms with E-state index in [4.69, 9.17) is 9.47 Å². The van der Waals surface area contributed by atoms with Gasteiger partial charge in [-0.15, -0.1) is 10.2 Å². The molecule has 9 heteroatoms. The van der Waals surface area contributed by atoms with Crippen LogP contribution >= 0.6 is 23.1 Å². The van der Waals surface area contributed by atoms with E-state index in [-0.39, 0.29) is 11.7 Å². The van der Waals surface area contributed by atoms with E-state index in [9.17, 15) is 4.79 Å². The molecule has 0 fully saturated rings. The molecule has 1 heterocycles. The van der Waals surface area contributed by atoms with Crippen LogP contribution in [0.1, 0.15) is 41.5 Å². The van der Waals surface area contributed by atoms with Crippen molar-refractivity contribution in [1.29, 1.82) is 0 Å². The van der Waals surface area contributed by atoms with Crippen molar-refractivity contribution in [3.63, 3.8) is 0 Å². The molecule has 2 aromatic carbocycles. The number of nitrogens with zero attached hydrogens (tertiary/aromatic N) is 3. The van der Waals surface area contributed by atoms with Crippen LogP contribution in [-0.2, 0) is 4.79 Å². The second-order valence-corrected chi connectivity index (χ2v) is 10.0. The lowest BCUT2D eigenvalue weighted by Gasteiger charge is -2.15. The van der Waals surface area contributed by atoms with Crippen molar-refractivity contribution in [1.82, 2.24) is 15.6 Å². The van der Waals surface area contributed by atoms with Gasteiger partial charge in [-0.1, -0.05) is 49.1 Å². The third-order valence-electron chi connectivity index (χ3n) is 4.52. The van der Waals surface area contributed by atoms with Gasteiger partial charge in [0.1, 0.15) is 29.7 Å². The van der Waals surface area contributed by atoms with E-state index in [1.807, 2.05) is 31.2 Å². The average molecular weight is 485 g/mol. The molecule has 0 unspecified atom stereocenters. The molecular formula is C24H28N4O3S2. The first-order chi connectivity index (χ1) is 15.9. The first kappa shape index (κ1) is 24.7. The maximum atomic E-state index is 11.9.